The first-order valence-corrected chi connectivity index (χ1v) is 9.90. The van der Waals surface area contributed by atoms with Crippen molar-refractivity contribution >= 4 is 5.97 Å². The van der Waals surface area contributed by atoms with Gasteiger partial charge in [0.05, 0.1) is 7.11 Å². The molecule has 1 aliphatic rings. The Morgan fingerprint density at radius 3 is 2.43 bits per heavy atom. The van der Waals surface area contributed by atoms with E-state index in [-0.39, 0.29) is 5.97 Å². The number of fused-ring (bicyclic) bond motifs is 1. The van der Waals surface area contributed by atoms with E-state index in [0.717, 1.165) is 33.9 Å². The molecule has 0 amide bonds. The quantitative estimate of drug-likeness (QED) is 0.548. The molecule has 0 bridgehead atoms. The minimum absolute atomic E-state index is 0.326. The summed E-state index contributed by atoms with van der Waals surface area (Å²) < 4.78 is 23.1. The monoisotopic (exact) mass is 404 g/mol. The van der Waals surface area contributed by atoms with E-state index in [1.807, 2.05) is 72.8 Å². The molecule has 0 aromatic heterocycles. The third kappa shape index (κ3) is 4.57. The standard InChI is InChI=1S/C25H24O5/c1-17(26)29-24-14-20-10-13-22(28-16-18-6-4-3-5-7-18)15-23(20)30-25(24)19-8-11-21(27-2)12-9-19/h3-13,15,24-25H,14,16H2,1-2H3/t24-,25+/m1/s1. The van der Waals surface area contributed by atoms with E-state index in [0.29, 0.717) is 13.0 Å². The number of hydrogen-bond donors (Lipinski definition) is 0. The summed E-state index contributed by atoms with van der Waals surface area (Å²) in [6, 6.07) is 23.4. The van der Waals surface area contributed by atoms with Crippen LogP contribution in [0.2, 0.25) is 0 Å². The van der Waals surface area contributed by atoms with Crippen molar-refractivity contribution < 1.29 is 23.7 Å². The van der Waals surface area contributed by atoms with Gasteiger partial charge in [0, 0.05) is 19.4 Å². The molecule has 30 heavy (non-hydrogen) atoms. The van der Waals surface area contributed by atoms with Gasteiger partial charge in [-0.3, -0.25) is 4.79 Å². The van der Waals surface area contributed by atoms with Gasteiger partial charge in [-0.1, -0.05) is 48.5 Å². The molecule has 0 aliphatic carbocycles. The zero-order valence-electron chi connectivity index (χ0n) is 17.0. The summed E-state index contributed by atoms with van der Waals surface area (Å²) in [4.78, 5) is 11.7. The Hall–Kier alpha value is -3.47. The molecule has 1 heterocycles. The van der Waals surface area contributed by atoms with Crippen LogP contribution in [0, 0.1) is 0 Å². The van der Waals surface area contributed by atoms with Crippen LogP contribution in [0.1, 0.15) is 29.7 Å². The van der Waals surface area contributed by atoms with Crippen molar-refractivity contribution in [2.24, 2.45) is 0 Å². The molecule has 0 N–H and O–H groups in total. The molecular weight excluding hydrogens is 380 g/mol. The largest absolute Gasteiger partial charge is 0.497 e. The van der Waals surface area contributed by atoms with Crippen LogP contribution in [-0.2, 0) is 22.6 Å². The molecule has 0 spiro atoms. The van der Waals surface area contributed by atoms with Gasteiger partial charge in [-0.05, 0) is 34.9 Å². The Morgan fingerprint density at radius 2 is 1.73 bits per heavy atom. The topological polar surface area (TPSA) is 54.0 Å². The Bertz CT molecular complexity index is 998. The highest BCUT2D eigenvalue weighted by Crippen LogP contribution is 2.39. The normalized spacial score (nSPS) is 17.4. The zero-order chi connectivity index (χ0) is 20.9. The van der Waals surface area contributed by atoms with Crippen LogP contribution in [0.5, 0.6) is 17.2 Å². The number of benzene rings is 3. The lowest BCUT2D eigenvalue weighted by atomic mass is 9.94. The van der Waals surface area contributed by atoms with Gasteiger partial charge in [-0.2, -0.15) is 0 Å². The van der Waals surface area contributed by atoms with Crippen LogP contribution < -0.4 is 14.2 Å². The molecule has 3 aromatic carbocycles. The summed E-state index contributed by atoms with van der Waals surface area (Å²) in [6.45, 7) is 1.90. The van der Waals surface area contributed by atoms with E-state index in [9.17, 15) is 4.79 Å². The van der Waals surface area contributed by atoms with Crippen LogP contribution in [0.4, 0.5) is 0 Å². The van der Waals surface area contributed by atoms with Crippen molar-refractivity contribution in [1.82, 2.24) is 0 Å². The third-order valence-corrected chi connectivity index (χ3v) is 5.06. The maximum Gasteiger partial charge on any atom is 0.303 e. The predicted octanol–water partition coefficient (Wildman–Crippen LogP) is 4.88. The van der Waals surface area contributed by atoms with E-state index < -0.39 is 12.2 Å². The third-order valence-electron chi connectivity index (χ3n) is 5.06. The summed E-state index contributed by atoms with van der Waals surface area (Å²) in [7, 11) is 1.63. The first-order chi connectivity index (χ1) is 14.6. The number of ether oxygens (including phenoxy) is 4. The van der Waals surface area contributed by atoms with Crippen molar-refractivity contribution in [2.75, 3.05) is 7.11 Å². The predicted molar refractivity (Wildman–Crippen MR) is 113 cm³/mol. The zero-order valence-corrected chi connectivity index (χ0v) is 17.0. The molecule has 0 saturated heterocycles. The van der Waals surface area contributed by atoms with E-state index >= 15 is 0 Å². The Kier molecular flexibility index (Phi) is 5.89. The minimum atomic E-state index is -0.406. The van der Waals surface area contributed by atoms with Gasteiger partial charge in [-0.15, -0.1) is 0 Å². The van der Waals surface area contributed by atoms with Gasteiger partial charge in [0.1, 0.15) is 30.0 Å². The lowest BCUT2D eigenvalue weighted by molar-refractivity contribution is -0.152. The molecule has 2 atom stereocenters. The van der Waals surface area contributed by atoms with Crippen LogP contribution in [0.3, 0.4) is 0 Å². The van der Waals surface area contributed by atoms with Crippen LogP contribution in [0.15, 0.2) is 72.8 Å². The smallest absolute Gasteiger partial charge is 0.303 e. The fraction of sp³-hybridized carbons (Fsp3) is 0.240. The lowest BCUT2D eigenvalue weighted by Crippen LogP contribution is -2.34. The maximum absolute atomic E-state index is 11.7. The Labute approximate surface area is 176 Å². The number of esters is 1. The summed E-state index contributed by atoms with van der Waals surface area (Å²) in [6.07, 6.45) is -0.235. The minimum Gasteiger partial charge on any atom is -0.497 e. The molecular formula is C25H24O5. The van der Waals surface area contributed by atoms with Gasteiger partial charge in [0.15, 0.2) is 6.10 Å². The molecule has 154 valence electrons. The fourth-order valence-corrected chi connectivity index (χ4v) is 3.57. The summed E-state index contributed by atoms with van der Waals surface area (Å²) in [5, 5.41) is 0. The number of methoxy groups -OCH3 is 1. The average Bonchev–Trinajstić information content (AvgIpc) is 2.77. The molecule has 3 aromatic rings. The first-order valence-electron chi connectivity index (χ1n) is 9.90. The van der Waals surface area contributed by atoms with E-state index in [4.69, 9.17) is 18.9 Å². The summed E-state index contributed by atoms with van der Waals surface area (Å²) in [5.41, 5.74) is 3.00. The molecule has 0 radical (unpaired) electrons. The fourth-order valence-electron chi connectivity index (χ4n) is 3.57. The molecule has 5 heteroatoms. The molecule has 4 rings (SSSR count). The van der Waals surface area contributed by atoms with E-state index in [2.05, 4.69) is 0 Å². The first kappa shape index (κ1) is 19.8. The number of carbonyl (C=O) groups is 1. The summed E-state index contributed by atoms with van der Waals surface area (Å²) >= 11 is 0. The highest BCUT2D eigenvalue weighted by molar-refractivity contribution is 5.66. The highest BCUT2D eigenvalue weighted by Gasteiger charge is 2.34. The Morgan fingerprint density at radius 1 is 1.00 bits per heavy atom. The molecule has 1 aliphatic heterocycles. The second-order valence-corrected chi connectivity index (χ2v) is 7.21. The lowest BCUT2D eigenvalue weighted by Gasteiger charge is -2.33. The number of rotatable bonds is 6. The van der Waals surface area contributed by atoms with Crippen LogP contribution in [0.25, 0.3) is 0 Å². The van der Waals surface area contributed by atoms with Gasteiger partial charge in [-0.25, -0.2) is 0 Å². The molecule has 0 unspecified atom stereocenters. The van der Waals surface area contributed by atoms with Gasteiger partial charge in [0.25, 0.3) is 0 Å². The van der Waals surface area contributed by atoms with Crippen molar-refractivity contribution in [2.45, 2.75) is 32.2 Å². The number of carbonyl (C=O) groups excluding carboxylic acids is 1. The summed E-state index contributed by atoms with van der Waals surface area (Å²) in [5.74, 6) is 1.91. The second-order valence-electron chi connectivity index (χ2n) is 7.21. The molecule has 0 saturated carbocycles. The van der Waals surface area contributed by atoms with Crippen LogP contribution in [-0.4, -0.2) is 19.2 Å². The second kappa shape index (κ2) is 8.91. The van der Waals surface area contributed by atoms with Crippen LogP contribution >= 0.6 is 0 Å². The van der Waals surface area contributed by atoms with Gasteiger partial charge in [0.2, 0.25) is 0 Å². The van der Waals surface area contributed by atoms with E-state index in [1.165, 1.54) is 6.92 Å². The van der Waals surface area contributed by atoms with E-state index in [1.54, 1.807) is 7.11 Å². The average molecular weight is 404 g/mol. The maximum atomic E-state index is 11.7. The molecule has 0 fully saturated rings. The van der Waals surface area contributed by atoms with Crippen molar-refractivity contribution in [3.8, 4) is 17.2 Å². The van der Waals surface area contributed by atoms with Gasteiger partial charge >= 0.3 is 5.97 Å². The SMILES string of the molecule is COc1ccc([C@@H]2Oc3cc(OCc4ccccc4)ccc3C[C@H]2OC(C)=O)cc1. The molecule has 5 nitrogen and oxygen atoms in total. The van der Waals surface area contributed by atoms with Crippen molar-refractivity contribution in [3.05, 3.63) is 89.5 Å². The highest BCUT2D eigenvalue weighted by atomic mass is 16.6. The van der Waals surface area contributed by atoms with Crippen molar-refractivity contribution in [3.63, 3.8) is 0 Å². The van der Waals surface area contributed by atoms with Crippen molar-refractivity contribution in [1.29, 1.82) is 0 Å². The Balaban J connectivity index is 1.56. The number of hydrogen-bond acceptors (Lipinski definition) is 5. The van der Waals surface area contributed by atoms with Gasteiger partial charge < -0.3 is 18.9 Å².